The molecule has 1 heterocycles. The van der Waals surface area contributed by atoms with Gasteiger partial charge in [-0.2, -0.15) is 0 Å². The molecule has 1 aromatic rings. The van der Waals surface area contributed by atoms with Crippen molar-refractivity contribution in [3.05, 3.63) is 22.2 Å². The summed E-state index contributed by atoms with van der Waals surface area (Å²) in [5, 5.41) is 9.46. The number of aliphatic hydroxyl groups excluding tert-OH is 1. The summed E-state index contributed by atoms with van der Waals surface area (Å²) in [4.78, 5) is 7.52. The zero-order chi connectivity index (χ0) is 9.84. The second-order valence-corrected chi connectivity index (χ2v) is 3.20. The minimum atomic E-state index is -0.304. The van der Waals surface area contributed by atoms with Gasteiger partial charge in [0.2, 0.25) is 0 Å². The normalized spacial score (nSPS) is 12.9. The van der Waals surface area contributed by atoms with Crippen LogP contribution >= 0.6 is 23.2 Å². The van der Waals surface area contributed by atoms with Gasteiger partial charge >= 0.3 is 0 Å². The molecule has 0 aliphatic carbocycles. The fraction of sp³-hybridized carbons (Fsp3) is 0.429. The molecular formula is C7H9Cl2N3O. The predicted octanol–water partition coefficient (Wildman–Crippen LogP) is 0.818. The quantitative estimate of drug-likeness (QED) is 0.742. The van der Waals surface area contributed by atoms with Gasteiger partial charge in [-0.15, -0.1) is 0 Å². The zero-order valence-electron chi connectivity index (χ0n) is 6.74. The van der Waals surface area contributed by atoms with E-state index in [0.29, 0.717) is 5.56 Å². The third kappa shape index (κ3) is 2.28. The predicted molar refractivity (Wildman–Crippen MR) is 50.9 cm³/mol. The highest BCUT2D eigenvalue weighted by Crippen LogP contribution is 2.27. The molecule has 0 bridgehead atoms. The fourth-order valence-corrected chi connectivity index (χ4v) is 1.60. The largest absolute Gasteiger partial charge is 0.396 e. The summed E-state index contributed by atoms with van der Waals surface area (Å²) in [6, 6.07) is 0. The number of hydrogen-bond donors (Lipinski definition) is 2. The standard InChI is InChI=1S/C7H9Cl2N3O/c8-6-5(4(1-10)2-13)7(9)12-3-11-6/h3-4,13H,1-2,10H2. The average Bonchev–Trinajstić information content (AvgIpc) is 2.11. The molecule has 1 rings (SSSR count). The van der Waals surface area contributed by atoms with E-state index in [1.807, 2.05) is 0 Å². The lowest BCUT2D eigenvalue weighted by molar-refractivity contribution is 0.267. The lowest BCUT2D eigenvalue weighted by Crippen LogP contribution is -2.17. The number of halogens is 2. The van der Waals surface area contributed by atoms with Crippen LogP contribution in [0.4, 0.5) is 0 Å². The van der Waals surface area contributed by atoms with Crippen molar-refractivity contribution in [3.63, 3.8) is 0 Å². The van der Waals surface area contributed by atoms with Crippen LogP contribution in [0.3, 0.4) is 0 Å². The van der Waals surface area contributed by atoms with Gasteiger partial charge in [-0.05, 0) is 0 Å². The Morgan fingerprint density at radius 2 is 1.92 bits per heavy atom. The summed E-state index contributed by atoms with van der Waals surface area (Å²) in [5.74, 6) is -0.304. The van der Waals surface area contributed by atoms with E-state index in [-0.39, 0.29) is 29.4 Å². The highest BCUT2D eigenvalue weighted by atomic mass is 35.5. The maximum absolute atomic E-state index is 8.98. The van der Waals surface area contributed by atoms with Gasteiger partial charge in [0.1, 0.15) is 16.6 Å². The van der Waals surface area contributed by atoms with Crippen molar-refractivity contribution in [2.24, 2.45) is 5.73 Å². The molecule has 0 saturated carbocycles. The summed E-state index contributed by atoms with van der Waals surface area (Å²) in [7, 11) is 0. The molecule has 3 N–H and O–H groups in total. The van der Waals surface area contributed by atoms with Crippen molar-refractivity contribution < 1.29 is 5.11 Å². The Bertz CT molecular complexity index is 271. The third-order valence-corrected chi connectivity index (χ3v) is 2.30. The highest BCUT2D eigenvalue weighted by Gasteiger charge is 2.17. The Hall–Kier alpha value is -0.420. The van der Waals surface area contributed by atoms with Gasteiger partial charge in [0, 0.05) is 18.0 Å². The first-order chi connectivity index (χ1) is 6.20. The van der Waals surface area contributed by atoms with Crippen LogP contribution in [0.5, 0.6) is 0 Å². The van der Waals surface area contributed by atoms with Crippen molar-refractivity contribution >= 4 is 23.2 Å². The Kier molecular flexibility index (Phi) is 3.87. The minimum Gasteiger partial charge on any atom is -0.396 e. The number of hydrogen-bond acceptors (Lipinski definition) is 4. The van der Waals surface area contributed by atoms with E-state index in [1.54, 1.807) is 0 Å². The number of aliphatic hydroxyl groups is 1. The Labute approximate surface area is 85.7 Å². The van der Waals surface area contributed by atoms with Gasteiger partial charge in [0.05, 0.1) is 6.61 Å². The molecule has 1 unspecified atom stereocenters. The van der Waals surface area contributed by atoms with Gasteiger partial charge in [-0.25, -0.2) is 9.97 Å². The molecule has 0 aromatic carbocycles. The van der Waals surface area contributed by atoms with E-state index in [0.717, 1.165) is 0 Å². The van der Waals surface area contributed by atoms with Crippen molar-refractivity contribution in [3.8, 4) is 0 Å². The van der Waals surface area contributed by atoms with Crippen molar-refractivity contribution in [1.82, 2.24) is 9.97 Å². The first kappa shape index (κ1) is 10.7. The smallest absolute Gasteiger partial charge is 0.137 e. The van der Waals surface area contributed by atoms with Gasteiger partial charge in [0.15, 0.2) is 0 Å². The lowest BCUT2D eigenvalue weighted by Gasteiger charge is -2.13. The molecule has 1 aromatic heterocycles. The Balaban J connectivity index is 3.10. The number of nitrogens with two attached hydrogens (primary N) is 1. The third-order valence-electron chi connectivity index (χ3n) is 1.70. The van der Waals surface area contributed by atoms with Crippen LogP contribution in [0.2, 0.25) is 10.3 Å². The van der Waals surface area contributed by atoms with E-state index in [1.165, 1.54) is 6.33 Å². The molecule has 13 heavy (non-hydrogen) atoms. The second-order valence-electron chi connectivity index (χ2n) is 2.48. The molecule has 0 saturated heterocycles. The van der Waals surface area contributed by atoms with Crippen LogP contribution in [0.1, 0.15) is 11.5 Å². The summed E-state index contributed by atoms with van der Waals surface area (Å²) < 4.78 is 0. The Morgan fingerprint density at radius 3 is 2.31 bits per heavy atom. The molecule has 6 heteroatoms. The molecule has 0 aliphatic rings. The molecule has 0 spiro atoms. The minimum absolute atomic E-state index is 0.122. The molecule has 0 fully saturated rings. The van der Waals surface area contributed by atoms with Crippen LogP contribution in [0, 0.1) is 0 Å². The molecule has 0 amide bonds. The maximum atomic E-state index is 8.98. The zero-order valence-corrected chi connectivity index (χ0v) is 8.26. The van der Waals surface area contributed by atoms with Crippen LogP contribution in [0.15, 0.2) is 6.33 Å². The highest BCUT2D eigenvalue weighted by molar-refractivity contribution is 6.34. The average molecular weight is 222 g/mol. The molecule has 0 radical (unpaired) electrons. The molecule has 72 valence electrons. The monoisotopic (exact) mass is 221 g/mol. The molecular weight excluding hydrogens is 213 g/mol. The second kappa shape index (κ2) is 4.72. The van der Waals surface area contributed by atoms with Crippen LogP contribution in [-0.2, 0) is 0 Å². The van der Waals surface area contributed by atoms with E-state index in [2.05, 4.69) is 9.97 Å². The van der Waals surface area contributed by atoms with E-state index in [9.17, 15) is 0 Å². The molecule has 4 nitrogen and oxygen atoms in total. The van der Waals surface area contributed by atoms with E-state index < -0.39 is 0 Å². The fourth-order valence-electron chi connectivity index (χ4n) is 0.975. The molecule has 1 atom stereocenters. The number of nitrogens with zero attached hydrogens (tertiary/aromatic N) is 2. The van der Waals surface area contributed by atoms with Crippen LogP contribution in [-0.4, -0.2) is 28.2 Å². The summed E-state index contributed by atoms with van der Waals surface area (Å²) in [6.45, 7) is 0.132. The number of rotatable bonds is 3. The topological polar surface area (TPSA) is 72.0 Å². The van der Waals surface area contributed by atoms with Gasteiger partial charge in [-0.3, -0.25) is 0 Å². The van der Waals surface area contributed by atoms with Crippen molar-refractivity contribution in [2.75, 3.05) is 13.2 Å². The van der Waals surface area contributed by atoms with Crippen molar-refractivity contribution in [1.29, 1.82) is 0 Å². The van der Waals surface area contributed by atoms with Crippen molar-refractivity contribution in [2.45, 2.75) is 5.92 Å². The van der Waals surface area contributed by atoms with Gasteiger partial charge in [-0.1, -0.05) is 23.2 Å². The van der Waals surface area contributed by atoms with Crippen LogP contribution < -0.4 is 5.73 Å². The first-order valence-corrected chi connectivity index (χ1v) is 4.43. The number of aromatic nitrogens is 2. The van der Waals surface area contributed by atoms with Gasteiger partial charge in [0.25, 0.3) is 0 Å². The lowest BCUT2D eigenvalue weighted by atomic mass is 10.0. The maximum Gasteiger partial charge on any atom is 0.137 e. The Morgan fingerprint density at radius 1 is 1.38 bits per heavy atom. The summed E-state index contributed by atoms with van der Waals surface area (Å²) in [6.07, 6.45) is 1.26. The molecule has 0 aliphatic heterocycles. The summed E-state index contributed by atoms with van der Waals surface area (Å²) in [5.41, 5.74) is 5.93. The van der Waals surface area contributed by atoms with E-state index in [4.69, 9.17) is 34.0 Å². The van der Waals surface area contributed by atoms with Crippen LogP contribution in [0.25, 0.3) is 0 Å². The summed E-state index contributed by atoms with van der Waals surface area (Å²) >= 11 is 11.6. The first-order valence-electron chi connectivity index (χ1n) is 3.67. The van der Waals surface area contributed by atoms with Gasteiger partial charge < -0.3 is 10.8 Å². The van der Waals surface area contributed by atoms with E-state index >= 15 is 0 Å². The SMILES string of the molecule is NCC(CO)c1c(Cl)ncnc1Cl.